The number of hydrogen-bond donors (Lipinski definition) is 1. The Kier molecular flexibility index (Phi) is 4.67. The molecule has 1 rings (SSSR count). The zero-order valence-corrected chi connectivity index (χ0v) is 11.1. The number of benzene rings is 1. The Morgan fingerprint density at radius 3 is 2.47 bits per heavy atom. The summed E-state index contributed by atoms with van der Waals surface area (Å²) >= 11 is 0. The molecule has 98 valence electrons. The molecule has 1 N–H and O–H groups in total. The SMILES string of the molecule is CC(C)C(C#N)(CCC(=O)O)c1ccccc1C#N. The maximum atomic E-state index is 10.8. The Morgan fingerprint density at radius 2 is 2.00 bits per heavy atom. The molecule has 0 heterocycles. The van der Waals surface area contributed by atoms with Gasteiger partial charge in [-0.3, -0.25) is 4.79 Å². The van der Waals surface area contributed by atoms with E-state index in [0.717, 1.165) is 0 Å². The van der Waals surface area contributed by atoms with Gasteiger partial charge in [0.2, 0.25) is 0 Å². The first kappa shape index (κ1) is 14.7. The van der Waals surface area contributed by atoms with Gasteiger partial charge in [-0.25, -0.2) is 0 Å². The van der Waals surface area contributed by atoms with Gasteiger partial charge in [-0.1, -0.05) is 32.0 Å². The Morgan fingerprint density at radius 1 is 1.37 bits per heavy atom. The minimum absolute atomic E-state index is 0.0775. The van der Waals surface area contributed by atoms with Crippen molar-refractivity contribution in [2.45, 2.75) is 32.1 Å². The van der Waals surface area contributed by atoms with Crippen LogP contribution in [-0.4, -0.2) is 11.1 Å². The molecule has 1 atom stereocenters. The van der Waals surface area contributed by atoms with Crippen LogP contribution >= 0.6 is 0 Å². The van der Waals surface area contributed by atoms with Crippen molar-refractivity contribution in [2.75, 3.05) is 0 Å². The average molecular weight is 256 g/mol. The van der Waals surface area contributed by atoms with Gasteiger partial charge in [0, 0.05) is 6.42 Å². The van der Waals surface area contributed by atoms with Gasteiger partial charge in [0.25, 0.3) is 0 Å². The third-order valence-electron chi connectivity index (χ3n) is 3.45. The fourth-order valence-corrected chi connectivity index (χ4v) is 2.25. The summed E-state index contributed by atoms with van der Waals surface area (Å²) in [6, 6.07) is 11.2. The molecule has 0 aliphatic heterocycles. The van der Waals surface area contributed by atoms with Crippen LogP contribution in [0.25, 0.3) is 0 Å². The molecule has 1 unspecified atom stereocenters. The van der Waals surface area contributed by atoms with Gasteiger partial charge in [-0.15, -0.1) is 0 Å². The van der Waals surface area contributed by atoms with Crippen LogP contribution in [0.2, 0.25) is 0 Å². The number of carbonyl (C=O) groups is 1. The molecule has 4 heteroatoms. The van der Waals surface area contributed by atoms with Crippen molar-refractivity contribution in [1.82, 2.24) is 0 Å². The van der Waals surface area contributed by atoms with Crippen LogP contribution in [0.4, 0.5) is 0 Å². The maximum Gasteiger partial charge on any atom is 0.303 e. The number of carboxylic acids is 1. The van der Waals surface area contributed by atoms with E-state index in [0.29, 0.717) is 11.1 Å². The molecule has 0 radical (unpaired) electrons. The highest BCUT2D eigenvalue weighted by molar-refractivity contribution is 5.67. The lowest BCUT2D eigenvalue weighted by molar-refractivity contribution is -0.137. The Balaban J connectivity index is 3.36. The van der Waals surface area contributed by atoms with Gasteiger partial charge < -0.3 is 5.11 Å². The minimum atomic E-state index is -0.940. The van der Waals surface area contributed by atoms with Crippen LogP contribution < -0.4 is 0 Å². The van der Waals surface area contributed by atoms with E-state index in [2.05, 4.69) is 12.1 Å². The number of carboxylic acid groups (broad SMARTS) is 1. The summed E-state index contributed by atoms with van der Waals surface area (Å²) < 4.78 is 0. The largest absolute Gasteiger partial charge is 0.481 e. The van der Waals surface area contributed by atoms with Crippen LogP contribution in [0.5, 0.6) is 0 Å². The first-order valence-corrected chi connectivity index (χ1v) is 6.10. The molecule has 0 aliphatic rings. The topological polar surface area (TPSA) is 84.9 Å². The molecule has 0 fully saturated rings. The monoisotopic (exact) mass is 256 g/mol. The molecule has 1 aromatic carbocycles. The zero-order chi connectivity index (χ0) is 14.5. The van der Waals surface area contributed by atoms with Gasteiger partial charge in [0.1, 0.15) is 0 Å². The number of hydrogen-bond acceptors (Lipinski definition) is 3. The number of nitriles is 2. The maximum absolute atomic E-state index is 10.8. The van der Waals surface area contributed by atoms with Gasteiger partial charge >= 0.3 is 5.97 Å². The summed E-state index contributed by atoms with van der Waals surface area (Å²) in [4.78, 5) is 10.8. The van der Waals surface area contributed by atoms with Crippen molar-refractivity contribution in [3.8, 4) is 12.1 Å². The van der Waals surface area contributed by atoms with Gasteiger partial charge in [0.05, 0.1) is 23.1 Å². The van der Waals surface area contributed by atoms with Crippen molar-refractivity contribution < 1.29 is 9.90 Å². The van der Waals surface area contributed by atoms with Crippen molar-refractivity contribution in [2.24, 2.45) is 5.92 Å². The molecule has 0 saturated heterocycles. The standard InChI is InChI=1S/C15H16N2O2/c1-11(2)15(10-17,8-7-14(18)19)13-6-4-3-5-12(13)9-16/h3-6,11H,7-8H2,1-2H3,(H,18,19). The van der Waals surface area contributed by atoms with Crippen LogP contribution in [0.1, 0.15) is 37.8 Å². The lowest BCUT2D eigenvalue weighted by atomic mass is 9.68. The predicted octanol–water partition coefficient (Wildman–Crippen LogP) is 2.84. The quantitative estimate of drug-likeness (QED) is 0.877. The van der Waals surface area contributed by atoms with E-state index in [1.165, 1.54) is 0 Å². The second-order valence-corrected chi connectivity index (χ2v) is 4.79. The van der Waals surface area contributed by atoms with Crippen LogP contribution in [0.3, 0.4) is 0 Å². The van der Waals surface area contributed by atoms with Crippen molar-refractivity contribution in [1.29, 1.82) is 10.5 Å². The molecule has 1 aromatic rings. The van der Waals surface area contributed by atoms with Crippen LogP contribution in [0, 0.1) is 28.6 Å². The Bertz CT molecular complexity index is 552. The van der Waals surface area contributed by atoms with Crippen molar-refractivity contribution in [3.05, 3.63) is 35.4 Å². The highest BCUT2D eigenvalue weighted by atomic mass is 16.4. The summed E-state index contributed by atoms with van der Waals surface area (Å²) in [6.07, 6.45) is 0.112. The highest BCUT2D eigenvalue weighted by Crippen LogP contribution is 2.38. The first-order chi connectivity index (χ1) is 8.97. The average Bonchev–Trinajstić information content (AvgIpc) is 2.40. The third kappa shape index (κ3) is 2.92. The molecule has 19 heavy (non-hydrogen) atoms. The van der Waals surface area contributed by atoms with Gasteiger partial charge in [-0.2, -0.15) is 10.5 Å². The molecule has 0 bridgehead atoms. The van der Waals surface area contributed by atoms with E-state index in [9.17, 15) is 10.1 Å². The lowest BCUT2D eigenvalue weighted by Gasteiger charge is -2.31. The van der Waals surface area contributed by atoms with E-state index in [1.54, 1.807) is 24.3 Å². The van der Waals surface area contributed by atoms with Crippen LogP contribution in [0.15, 0.2) is 24.3 Å². The minimum Gasteiger partial charge on any atom is -0.481 e. The Labute approximate surface area is 112 Å². The molecule has 4 nitrogen and oxygen atoms in total. The third-order valence-corrected chi connectivity index (χ3v) is 3.45. The number of nitrogens with zero attached hydrogens (tertiary/aromatic N) is 2. The molecule has 0 saturated carbocycles. The summed E-state index contributed by atoms with van der Waals surface area (Å²) in [5, 5.41) is 27.6. The lowest BCUT2D eigenvalue weighted by Crippen LogP contribution is -2.32. The smallest absolute Gasteiger partial charge is 0.303 e. The summed E-state index contributed by atoms with van der Waals surface area (Å²) in [5.41, 5.74) is 0.115. The van der Waals surface area contributed by atoms with E-state index >= 15 is 0 Å². The number of rotatable bonds is 5. The second kappa shape index (κ2) is 6.02. The Hall–Kier alpha value is -2.33. The fourth-order valence-electron chi connectivity index (χ4n) is 2.25. The molecule has 0 aliphatic carbocycles. The fraction of sp³-hybridized carbons (Fsp3) is 0.400. The van der Waals surface area contributed by atoms with Crippen molar-refractivity contribution >= 4 is 5.97 Å². The van der Waals surface area contributed by atoms with E-state index in [-0.39, 0.29) is 18.8 Å². The zero-order valence-electron chi connectivity index (χ0n) is 11.1. The van der Waals surface area contributed by atoms with Crippen molar-refractivity contribution in [3.63, 3.8) is 0 Å². The summed E-state index contributed by atoms with van der Waals surface area (Å²) in [5.74, 6) is -1.01. The molecular weight excluding hydrogens is 240 g/mol. The second-order valence-electron chi connectivity index (χ2n) is 4.79. The van der Waals surface area contributed by atoms with E-state index < -0.39 is 11.4 Å². The first-order valence-electron chi connectivity index (χ1n) is 6.10. The predicted molar refractivity (Wildman–Crippen MR) is 70.2 cm³/mol. The molecule has 0 spiro atoms. The normalized spacial score (nSPS) is 13.3. The number of aliphatic carboxylic acids is 1. The van der Waals surface area contributed by atoms with E-state index in [1.807, 2.05) is 13.8 Å². The summed E-state index contributed by atoms with van der Waals surface area (Å²) in [7, 11) is 0. The molecule has 0 amide bonds. The molecular formula is C15H16N2O2. The van der Waals surface area contributed by atoms with Crippen LogP contribution in [-0.2, 0) is 10.2 Å². The van der Waals surface area contributed by atoms with Gasteiger partial charge in [-0.05, 0) is 24.0 Å². The highest BCUT2D eigenvalue weighted by Gasteiger charge is 2.38. The van der Waals surface area contributed by atoms with Gasteiger partial charge in [0.15, 0.2) is 0 Å². The molecule has 0 aromatic heterocycles. The van der Waals surface area contributed by atoms with E-state index in [4.69, 9.17) is 10.4 Å². The summed E-state index contributed by atoms with van der Waals surface area (Å²) in [6.45, 7) is 3.75.